The summed E-state index contributed by atoms with van der Waals surface area (Å²) < 4.78 is 41.9. The number of alkyl halides is 1. The summed E-state index contributed by atoms with van der Waals surface area (Å²) in [6.07, 6.45) is 1.25. The van der Waals surface area contributed by atoms with Gasteiger partial charge in [-0.15, -0.1) is 11.3 Å². The molecule has 0 spiro atoms. The monoisotopic (exact) mass is 453 g/mol. The summed E-state index contributed by atoms with van der Waals surface area (Å²) in [5.74, 6) is -1.75. The van der Waals surface area contributed by atoms with E-state index in [1.165, 1.54) is 12.3 Å². The molecule has 2 aromatic heterocycles. The number of pyridine rings is 1. The van der Waals surface area contributed by atoms with E-state index in [9.17, 15) is 18.0 Å². The Balaban J connectivity index is 1.36. The van der Waals surface area contributed by atoms with Crippen LogP contribution in [-0.2, 0) is 6.42 Å². The molecule has 2 aliphatic rings. The number of amides is 2. The van der Waals surface area contributed by atoms with Crippen LogP contribution in [0.15, 0.2) is 18.1 Å². The van der Waals surface area contributed by atoms with Gasteiger partial charge in [-0.1, -0.05) is 6.92 Å². The molecule has 0 radical (unpaired) electrons. The van der Waals surface area contributed by atoms with Crippen molar-refractivity contribution in [2.45, 2.75) is 25.4 Å². The van der Waals surface area contributed by atoms with Crippen LogP contribution in [0.2, 0.25) is 0 Å². The SMILES string of the molecule is CC1c2sc(NC(=O)N3CCN(c4ncc(CCO)cc4F)CC3)nc2C=C(F)C1F. The van der Waals surface area contributed by atoms with Crippen molar-refractivity contribution in [1.82, 2.24) is 14.9 Å². The maximum atomic E-state index is 14.4. The van der Waals surface area contributed by atoms with Crippen LogP contribution in [0.3, 0.4) is 0 Å². The van der Waals surface area contributed by atoms with Crippen molar-refractivity contribution in [2.24, 2.45) is 0 Å². The van der Waals surface area contributed by atoms with Crippen LogP contribution in [0.1, 0.15) is 29.0 Å². The van der Waals surface area contributed by atoms with Gasteiger partial charge < -0.3 is 14.9 Å². The summed E-state index contributed by atoms with van der Waals surface area (Å²) in [5.41, 5.74) is 0.964. The number of aliphatic hydroxyl groups excluding tert-OH is 1. The van der Waals surface area contributed by atoms with Crippen LogP contribution < -0.4 is 10.2 Å². The molecule has 0 aromatic carbocycles. The number of piperazine rings is 1. The van der Waals surface area contributed by atoms with E-state index in [1.54, 1.807) is 16.7 Å². The highest BCUT2D eigenvalue weighted by molar-refractivity contribution is 7.16. The fourth-order valence-electron chi connectivity index (χ4n) is 3.67. The first-order valence-corrected chi connectivity index (χ1v) is 10.8. The number of carbonyl (C=O) groups excluding carboxylic acids is 1. The van der Waals surface area contributed by atoms with Gasteiger partial charge in [0.05, 0.1) is 5.69 Å². The number of nitrogens with one attached hydrogen (secondary N) is 1. The number of hydrogen-bond acceptors (Lipinski definition) is 6. The average molecular weight is 453 g/mol. The lowest BCUT2D eigenvalue weighted by Gasteiger charge is -2.35. The first-order chi connectivity index (χ1) is 14.9. The molecule has 1 aliphatic heterocycles. The molecule has 2 atom stereocenters. The zero-order chi connectivity index (χ0) is 22.1. The maximum absolute atomic E-state index is 14.4. The zero-order valence-corrected chi connectivity index (χ0v) is 17.6. The Morgan fingerprint density at radius 2 is 2.06 bits per heavy atom. The van der Waals surface area contributed by atoms with E-state index in [0.29, 0.717) is 48.7 Å². The summed E-state index contributed by atoms with van der Waals surface area (Å²) in [5, 5.41) is 11.9. The van der Waals surface area contributed by atoms with Gasteiger partial charge in [-0.25, -0.2) is 27.9 Å². The number of allylic oxidation sites excluding steroid dienone is 1. The molecule has 31 heavy (non-hydrogen) atoms. The van der Waals surface area contributed by atoms with Crippen molar-refractivity contribution in [2.75, 3.05) is 43.0 Å². The third-order valence-electron chi connectivity index (χ3n) is 5.43. The molecule has 2 unspecified atom stereocenters. The van der Waals surface area contributed by atoms with Crippen molar-refractivity contribution in [3.8, 4) is 0 Å². The number of urea groups is 1. The molecule has 2 amide bonds. The second kappa shape index (κ2) is 8.83. The van der Waals surface area contributed by atoms with Gasteiger partial charge >= 0.3 is 6.03 Å². The van der Waals surface area contributed by atoms with E-state index in [0.717, 1.165) is 17.4 Å². The van der Waals surface area contributed by atoms with Gasteiger partial charge in [-0.2, -0.15) is 0 Å². The Hall–Kier alpha value is -2.66. The van der Waals surface area contributed by atoms with Gasteiger partial charge in [-0.05, 0) is 24.1 Å². The number of aliphatic hydroxyl groups is 1. The minimum atomic E-state index is -1.70. The van der Waals surface area contributed by atoms with Crippen molar-refractivity contribution in [3.05, 3.63) is 40.0 Å². The summed E-state index contributed by atoms with van der Waals surface area (Å²) in [4.78, 5) is 24.9. The maximum Gasteiger partial charge on any atom is 0.323 e. The summed E-state index contributed by atoms with van der Waals surface area (Å²) in [6, 6.07) is 0.994. The van der Waals surface area contributed by atoms with Crippen molar-refractivity contribution >= 4 is 34.4 Å². The van der Waals surface area contributed by atoms with Gasteiger partial charge in [0.1, 0.15) is 5.83 Å². The van der Waals surface area contributed by atoms with E-state index in [2.05, 4.69) is 15.3 Å². The van der Waals surface area contributed by atoms with E-state index in [1.807, 2.05) is 0 Å². The molecule has 1 aliphatic carbocycles. The van der Waals surface area contributed by atoms with E-state index >= 15 is 0 Å². The predicted octanol–water partition coefficient (Wildman–Crippen LogP) is 3.33. The highest BCUT2D eigenvalue weighted by atomic mass is 32.1. The lowest BCUT2D eigenvalue weighted by molar-refractivity contribution is 0.208. The van der Waals surface area contributed by atoms with Gasteiger partial charge in [0.2, 0.25) is 0 Å². The highest BCUT2D eigenvalue weighted by Crippen LogP contribution is 2.40. The molecule has 0 saturated carbocycles. The number of thiazole rings is 1. The summed E-state index contributed by atoms with van der Waals surface area (Å²) in [6.45, 7) is 3.03. The van der Waals surface area contributed by atoms with Crippen LogP contribution in [0.5, 0.6) is 0 Å². The smallest absolute Gasteiger partial charge is 0.323 e. The number of anilines is 2. The molecular formula is C20H22F3N5O2S. The normalized spacial score (nSPS) is 21.0. The molecule has 4 rings (SSSR count). The van der Waals surface area contributed by atoms with E-state index in [-0.39, 0.29) is 23.6 Å². The second-order valence-corrected chi connectivity index (χ2v) is 8.55. The van der Waals surface area contributed by atoms with Crippen molar-refractivity contribution in [3.63, 3.8) is 0 Å². The predicted molar refractivity (Wildman–Crippen MR) is 112 cm³/mol. The molecule has 0 bridgehead atoms. The number of halogens is 3. The fourth-order valence-corrected chi connectivity index (χ4v) is 4.67. The Labute approximate surface area is 181 Å². The molecule has 11 heteroatoms. The molecular weight excluding hydrogens is 431 g/mol. The minimum absolute atomic E-state index is 0.0746. The molecule has 2 N–H and O–H groups in total. The standard InChI is InChI=1S/C20H22F3N5O2S/c1-11-16(23)13(21)9-15-17(11)31-19(25-15)26-20(30)28-5-3-27(4-6-28)18-14(22)8-12(2-7-29)10-24-18/h8-11,16,29H,2-7H2,1H3,(H,25,26,30). The van der Waals surface area contributed by atoms with Crippen LogP contribution >= 0.6 is 11.3 Å². The van der Waals surface area contributed by atoms with Crippen LogP contribution in [0.4, 0.5) is 28.9 Å². The van der Waals surface area contributed by atoms with Crippen molar-refractivity contribution in [1.29, 1.82) is 0 Å². The van der Waals surface area contributed by atoms with Gasteiger partial charge in [0.25, 0.3) is 0 Å². The first kappa shape index (κ1) is 21.6. The fraction of sp³-hybridized carbons (Fsp3) is 0.450. The number of hydrogen-bond donors (Lipinski definition) is 2. The largest absolute Gasteiger partial charge is 0.396 e. The Morgan fingerprint density at radius 3 is 2.74 bits per heavy atom. The van der Waals surface area contributed by atoms with Gasteiger partial charge in [0, 0.05) is 49.8 Å². The average Bonchev–Trinajstić information content (AvgIpc) is 3.15. The van der Waals surface area contributed by atoms with Crippen LogP contribution in [-0.4, -0.2) is 65.0 Å². The number of aromatic nitrogens is 2. The number of rotatable bonds is 4. The second-order valence-electron chi connectivity index (χ2n) is 7.52. The first-order valence-electron chi connectivity index (χ1n) is 9.95. The van der Waals surface area contributed by atoms with Gasteiger partial charge in [-0.3, -0.25) is 5.32 Å². The number of carbonyl (C=O) groups is 1. The number of nitrogens with zero attached hydrogens (tertiary/aromatic N) is 4. The third-order valence-corrected chi connectivity index (χ3v) is 6.62. The van der Waals surface area contributed by atoms with Crippen LogP contribution in [0, 0.1) is 5.82 Å². The lowest BCUT2D eigenvalue weighted by Crippen LogP contribution is -2.50. The molecule has 3 heterocycles. The van der Waals surface area contributed by atoms with E-state index in [4.69, 9.17) is 5.11 Å². The quantitative estimate of drug-likeness (QED) is 0.742. The molecule has 7 nitrogen and oxygen atoms in total. The van der Waals surface area contributed by atoms with Crippen LogP contribution in [0.25, 0.3) is 6.08 Å². The number of fused-ring (bicyclic) bond motifs is 1. The topological polar surface area (TPSA) is 81.6 Å². The highest BCUT2D eigenvalue weighted by Gasteiger charge is 2.32. The van der Waals surface area contributed by atoms with E-state index < -0.39 is 23.7 Å². The zero-order valence-electron chi connectivity index (χ0n) is 16.8. The Kier molecular flexibility index (Phi) is 6.15. The summed E-state index contributed by atoms with van der Waals surface area (Å²) in [7, 11) is 0. The molecule has 2 aromatic rings. The molecule has 1 saturated heterocycles. The van der Waals surface area contributed by atoms with Crippen molar-refractivity contribution < 1.29 is 23.1 Å². The Bertz CT molecular complexity index is 1010. The van der Waals surface area contributed by atoms with Gasteiger partial charge in [0.15, 0.2) is 22.9 Å². The Morgan fingerprint density at radius 1 is 1.32 bits per heavy atom. The minimum Gasteiger partial charge on any atom is -0.396 e. The summed E-state index contributed by atoms with van der Waals surface area (Å²) >= 11 is 1.14. The third kappa shape index (κ3) is 4.38. The molecule has 166 valence electrons. The molecule has 1 fully saturated rings. The lowest BCUT2D eigenvalue weighted by atomic mass is 9.96.